The molecule has 1 aromatic carbocycles. The highest BCUT2D eigenvalue weighted by Gasteiger charge is 2.27. The van der Waals surface area contributed by atoms with E-state index in [0.717, 1.165) is 31.5 Å². The molecule has 1 atom stereocenters. The van der Waals surface area contributed by atoms with Gasteiger partial charge in [-0.05, 0) is 50.4 Å². The molecule has 0 aromatic heterocycles. The SMILES string of the molecule is CN(CC(=O)N1CCC[C@@H](c2ccc(C(=O)O)cc2)C1)C1CCCC1. The van der Waals surface area contributed by atoms with Gasteiger partial charge in [0.25, 0.3) is 0 Å². The Hall–Kier alpha value is -1.88. The lowest BCUT2D eigenvalue weighted by Gasteiger charge is -2.35. The standard InChI is InChI=1S/C20H28N2O3/c1-21(18-6-2-3-7-18)14-19(23)22-12-4-5-17(13-22)15-8-10-16(11-9-15)20(24)25/h8-11,17-18H,2-7,12-14H2,1H3,(H,24,25)/t17-/m1/s1. The third-order valence-corrected chi connectivity index (χ3v) is 5.74. The number of hydrogen-bond donors (Lipinski definition) is 1. The van der Waals surface area contributed by atoms with Gasteiger partial charge in [0.15, 0.2) is 0 Å². The Morgan fingerprint density at radius 3 is 2.44 bits per heavy atom. The van der Waals surface area contributed by atoms with Crippen LogP contribution in [0.1, 0.15) is 60.4 Å². The minimum absolute atomic E-state index is 0.223. The molecular formula is C20H28N2O3. The number of piperidine rings is 1. The second kappa shape index (κ2) is 8.00. The second-order valence-corrected chi connectivity index (χ2v) is 7.46. The van der Waals surface area contributed by atoms with Gasteiger partial charge in [-0.2, -0.15) is 0 Å². The van der Waals surface area contributed by atoms with E-state index in [0.29, 0.717) is 24.1 Å². The van der Waals surface area contributed by atoms with Crippen molar-refractivity contribution in [3.63, 3.8) is 0 Å². The minimum atomic E-state index is -0.901. The molecule has 3 rings (SSSR count). The molecule has 2 fully saturated rings. The number of nitrogens with zero attached hydrogens (tertiary/aromatic N) is 2. The van der Waals surface area contributed by atoms with Crippen LogP contribution in [-0.4, -0.2) is 59.5 Å². The molecule has 1 saturated carbocycles. The number of carboxylic acid groups (broad SMARTS) is 1. The van der Waals surface area contributed by atoms with Crippen LogP contribution in [0.25, 0.3) is 0 Å². The van der Waals surface area contributed by atoms with Crippen molar-refractivity contribution in [2.24, 2.45) is 0 Å². The first kappa shape index (κ1) is 17.9. The molecule has 2 aliphatic rings. The quantitative estimate of drug-likeness (QED) is 0.892. The van der Waals surface area contributed by atoms with Crippen LogP contribution in [-0.2, 0) is 4.79 Å². The first-order valence-electron chi connectivity index (χ1n) is 9.36. The molecule has 1 heterocycles. The summed E-state index contributed by atoms with van der Waals surface area (Å²) in [6.45, 7) is 2.08. The molecule has 1 aliphatic carbocycles. The Bertz CT molecular complexity index is 608. The maximum atomic E-state index is 12.7. The summed E-state index contributed by atoms with van der Waals surface area (Å²) in [4.78, 5) is 27.9. The smallest absolute Gasteiger partial charge is 0.335 e. The van der Waals surface area contributed by atoms with Crippen molar-refractivity contribution in [1.29, 1.82) is 0 Å². The Kier molecular flexibility index (Phi) is 5.74. The van der Waals surface area contributed by atoms with Crippen LogP contribution in [0.5, 0.6) is 0 Å². The summed E-state index contributed by atoms with van der Waals surface area (Å²) in [5.41, 5.74) is 1.44. The molecule has 1 aromatic rings. The van der Waals surface area contributed by atoms with Crippen LogP contribution < -0.4 is 0 Å². The average Bonchev–Trinajstić information content (AvgIpc) is 3.16. The molecule has 136 valence electrons. The number of carbonyl (C=O) groups is 2. The number of likely N-dealkylation sites (N-methyl/N-ethyl adjacent to an activating group) is 1. The monoisotopic (exact) mass is 344 g/mol. The van der Waals surface area contributed by atoms with Crippen molar-refractivity contribution in [2.75, 3.05) is 26.7 Å². The van der Waals surface area contributed by atoms with E-state index in [-0.39, 0.29) is 5.91 Å². The molecule has 1 aliphatic heterocycles. The largest absolute Gasteiger partial charge is 0.478 e. The van der Waals surface area contributed by atoms with Gasteiger partial charge in [-0.1, -0.05) is 25.0 Å². The van der Waals surface area contributed by atoms with Gasteiger partial charge in [-0.15, -0.1) is 0 Å². The Balaban J connectivity index is 1.58. The van der Waals surface area contributed by atoms with Crippen LogP contribution in [0, 0.1) is 0 Å². The third-order valence-electron chi connectivity index (χ3n) is 5.74. The van der Waals surface area contributed by atoms with Crippen molar-refractivity contribution < 1.29 is 14.7 Å². The summed E-state index contributed by atoms with van der Waals surface area (Å²) in [5, 5.41) is 9.02. The lowest BCUT2D eigenvalue weighted by atomic mass is 9.90. The maximum Gasteiger partial charge on any atom is 0.335 e. The number of rotatable bonds is 5. The molecule has 0 unspecified atom stereocenters. The van der Waals surface area contributed by atoms with Gasteiger partial charge >= 0.3 is 5.97 Å². The van der Waals surface area contributed by atoms with Crippen molar-refractivity contribution in [3.8, 4) is 0 Å². The van der Waals surface area contributed by atoms with E-state index in [2.05, 4.69) is 11.9 Å². The highest BCUT2D eigenvalue weighted by Crippen LogP contribution is 2.28. The van der Waals surface area contributed by atoms with Crippen molar-refractivity contribution in [1.82, 2.24) is 9.80 Å². The first-order chi connectivity index (χ1) is 12.0. The van der Waals surface area contributed by atoms with Gasteiger partial charge in [0.1, 0.15) is 0 Å². The van der Waals surface area contributed by atoms with Gasteiger partial charge in [0.2, 0.25) is 5.91 Å². The molecule has 0 bridgehead atoms. The van der Waals surface area contributed by atoms with Gasteiger partial charge in [0.05, 0.1) is 12.1 Å². The van der Waals surface area contributed by atoms with Crippen LogP contribution in [0.3, 0.4) is 0 Å². The van der Waals surface area contributed by atoms with Crippen LogP contribution in [0.4, 0.5) is 0 Å². The normalized spacial score (nSPS) is 21.7. The van der Waals surface area contributed by atoms with Crippen molar-refractivity contribution >= 4 is 11.9 Å². The van der Waals surface area contributed by atoms with E-state index in [1.165, 1.54) is 25.7 Å². The molecule has 0 spiro atoms. The van der Waals surface area contributed by atoms with Gasteiger partial charge in [-0.3, -0.25) is 9.69 Å². The predicted molar refractivity (Wildman–Crippen MR) is 96.8 cm³/mol. The number of carboxylic acids is 1. The summed E-state index contributed by atoms with van der Waals surface area (Å²) in [6, 6.07) is 7.67. The van der Waals surface area contributed by atoms with Crippen LogP contribution in [0.2, 0.25) is 0 Å². The van der Waals surface area contributed by atoms with E-state index in [1.807, 2.05) is 17.0 Å². The number of carbonyl (C=O) groups excluding carboxylic acids is 1. The van der Waals surface area contributed by atoms with E-state index in [4.69, 9.17) is 5.11 Å². The van der Waals surface area contributed by atoms with Gasteiger partial charge in [-0.25, -0.2) is 4.79 Å². The van der Waals surface area contributed by atoms with E-state index < -0.39 is 5.97 Å². The fourth-order valence-electron chi connectivity index (χ4n) is 4.16. The molecule has 1 N–H and O–H groups in total. The zero-order valence-corrected chi connectivity index (χ0v) is 15.0. The summed E-state index contributed by atoms with van der Waals surface area (Å²) in [5.74, 6) is -0.375. The van der Waals surface area contributed by atoms with Gasteiger partial charge in [0, 0.05) is 25.0 Å². The van der Waals surface area contributed by atoms with Crippen molar-refractivity contribution in [3.05, 3.63) is 35.4 Å². The topological polar surface area (TPSA) is 60.9 Å². The Labute approximate surface area is 149 Å². The molecular weight excluding hydrogens is 316 g/mol. The van der Waals surface area contributed by atoms with Gasteiger partial charge < -0.3 is 10.0 Å². The zero-order chi connectivity index (χ0) is 17.8. The molecule has 0 radical (unpaired) electrons. The fourth-order valence-corrected chi connectivity index (χ4v) is 4.16. The lowest BCUT2D eigenvalue weighted by Crippen LogP contribution is -2.45. The predicted octanol–water partition coefficient (Wildman–Crippen LogP) is 2.97. The maximum absolute atomic E-state index is 12.7. The molecule has 1 saturated heterocycles. The highest BCUT2D eigenvalue weighted by molar-refractivity contribution is 5.87. The summed E-state index contributed by atoms with van der Waals surface area (Å²) in [7, 11) is 2.07. The Morgan fingerprint density at radius 1 is 1.12 bits per heavy atom. The summed E-state index contributed by atoms with van der Waals surface area (Å²) in [6.07, 6.45) is 7.03. The number of benzene rings is 1. The first-order valence-corrected chi connectivity index (χ1v) is 9.36. The number of hydrogen-bond acceptors (Lipinski definition) is 3. The molecule has 5 heteroatoms. The lowest BCUT2D eigenvalue weighted by molar-refractivity contribution is -0.133. The van der Waals surface area contributed by atoms with E-state index in [9.17, 15) is 9.59 Å². The Morgan fingerprint density at radius 2 is 1.80 bits per heavy atom. The fraction of sp³-hybridized carbons (Fsp3) is 0.600. The average molecular weight is 344 g/mol. The van der Waals surface area contributed by atoms with E-state index in [1.54, 1.807) is 12.1 Å². The second-order valence-electron chi connectivity index (χ2n) is 7.46. The summed E-state index contributed by atoms with van der Waals surface area (Å²) < 4.78 is 0. The number of amides is 1. The minimum Gasteiger partial charge on any atom is -0.478 e. The summed E-state index contributed by atoms with van der Waals surface area (Å²) >= 11 is 0. The molecule has 1 amide bonds. The zero-order valence-electron chi connectivity index (χ0n) is 15.0. The van der Waals surface area contributed by atoms with Crippen LogP contribution in [0.15, 0.2) is 24.3 Å². The number of aromatic carboxylic acids is 1. The molecule has 5 nitrogen and oxygen atoms in total. The third kappa shape index (κ3) is 4.40. The van der Waals surface area contributed by atoms with Crippen molar-refractivity contribution in [2.45, 2.75) is 50.5 Å². The van der Waals surface area contributed by atoms with E-state index >= 15 is 0 Å². The van der Waals surface area contributed by atoms with Crippen LogP contribution >= 0.6 is 0 Å². The number of likely N-dealkylation sites (tertiary alicyclic amines) is 1. The highest BCUT2D eigenvalue weighted by atomic mass is 16.4. The molecule has 25 heavy (non-hydrogen) atoms.